The minimum absolute atomic E-state index is 0. The number of rotatable bonds is 11. The molecule has 0 heterocycles. The Morgan fingerprint density at radius 3 is 2.50 bits per heavy atom. The van der Waals surface area contributed by atoms with E-state index >= 15 is 0 Å². The molecular formula is C22H32ClNO2. The predicted molar refractivity (Wildman–Crippen MR) is 112 cm³/mol. The van der Waals surface area contributed by atoms with Crippen LogP contribution in [0.1, 0.15) is 49.3 Å². The first kappa shape index (κ1) is 22.3. The van der Waals surface area contributed by atoms with Crippen LogP contribution in [0, 0.1) is 6.92 Å². The second kappa shape index (κ2) is 12.6. The topological polar surface area (TPSA) is 30.5 Å². The van der Waals surface area contributed by atoms with Crippen LogP contribution < -0.4 is 14.8 Å². The summed E-state index contributed by atoms with van der Waals surface area (Å²) in [6.45, 7) is 6.80. The van der Waals surface area contributed by atoms with Crippen LogP contribution in [0.25, 0.3) is 0 Å². The minimum atomic E-state index is 0. The fourth-order valence-electron chi connectivity index (χ4n) is 2.81. The highest BCUT2D eigenvalue weighted by atomic mass is 35.5. The number of aryl methyl sites for hydroxylation is 1. The number of hydrogen-bond acceptors (Lipinski definition) is 3. The Morgan fingerprint density at radius 2 is 1.77 bits per heavy atom. The van der Waals surface area contributed by atoms with Crippen LogP contribution in [0.15, 0.2) is 42.5 Å². The first-order chi connectivity index (χ1) is 12.2. The van der Waals surface area contributed by atoms with E-state index in [0.29, 0.717) is 6.61 Å². The third-order valence-corrected chi connectivity index (χ3v) is 4.24. The van der Waals surface area contributed by atoms with Crippen molar-refractivity contribution in [2.45, 2.75) is 52.7 Å². The Hall–Kier alpha value is -1.71. The third kappa shape index (κ3) is 7.67. The molecule has 0 radical (unpaired) electrons. The molecule has 1 N–H and O–H groups in total. The van der Waals surface area contributed by atoms with Crippen molar-refractivity contribution in [1.29, 1.82) is 0 Å². The van der Waals surface area contributed by atoms with Gasteiger partial charge >= 0.3 is 0 Å². The van der Waals surface area contributed by atoms with Gasteiger partial charge in [0, 0.05) is 6.54 Å². The molecular weight excluding hydrogens is 346 g/mol. The second-order valence-electron chi connectivity index (χ2n) is 6.50. The van der Waals surface area contributed by atoms with Crippen LogP contribution in [-0.2, 0) is 13.2 Å². The molecule has 2 aromatic rings. The van der Waals surface area contributed by atoms with Crippen LogP contribution in [0.3, 0.4) is 0 Å². The molecule has 0 aliphatic rings. The molecule has 0 saturated carbocycles. The van der Waals surface area contributed by atoms with Crippen LogP contribution in [0.2, 0.25) is 0 Å². The van der Waals surface area contributed by atoms with Gasteiger partial charge in [-0.05, 0) is 43.1 Å². The summed E-state index contributed by atoms with van der Waals surface area (Å²) in [4.78, 5) is 0. The largest absolute Gasteiger partial charge is 0.493 e. The fraction of sp³-hybridized carbons (Fsp3) is 0.455. The molecule has 144 valence electrons. The van der Waals surface area contributed by atoms with E-state index < -0.39 is 0 Å². The monoisotopic (exact) mass is 377 g/mol. The highest BCUT2D eigenvalue weighted by Gasteiger charge is 2.06. The molecule has 0 unspecified atom stereocenters. The summed E-state index contributed by atoms with van der Waals surface area (Å²) in [5.74, 6) is 1.58. The van der Waals surface area contributed by atoms with E-state index in [2.05, 4.69) is 55.6 Å². The maximum atomic E-state index is 5.95. The highest BCUT2D eigenvalue weighted by Crippen LogP contribution is 2.29. The Bertz CT molecular complexity index is 646. The van der Waals surface area contributed by atoms with Crippen molar-refractivity contribution in [2.24, 2.45) is 0 Å². The number of ether oxygens (including phenoxy) is 2. The molecule has 0 bridgehead atoms. The lowest BCUT2D eigenvalue weighted by atomic mass is 10.1. The summed E-state index contributed by atoms with van der Waals surface area (Å²) in [6, 6.07) is 14.5. The van der Waals surface area contributed by atoms with E-state index in [9.17, 15) is 0 Å². The van der Waals surface area contributed by atoms with E-state index in [-0.39, 0.29) is 12.4 Å². The Kier molecular flexibility index (Phi) is 10.8. The zero-order chi connectivity index (χ0) is 17.9. The summed E-state index contributed by atoms with van der Waals surface area (Å²) < 4.78 is 11.5. The van der Waals surface area contributed by atoms with Gasteiger partial charge in [-0.3, -0.25) is 0 Å². The summed E-state index contributed by atoms with van der Waals surface area (Å²) in [5.41, 5.74) is 3.63. The number of nitrogens with one attached hydrogen (secondary N) is 1. The van der Waals surface area contributed by atoms with Gasteiger partial charge in [-0.25, -0.2) is 0 Å². The first-order valence-corrected chi connectivity index (χ1v) is 9.29. The van der Waals surface area contributed by atoms with E-state index in [4.69, 9.17) is 9.47 Å². The normalized spacial score (nSPS) is 10.3. The first-order valence-electron chi connectivity index (χ1n) is 9.29. The van der Waals surface area contributed by atoms with Crippen LogP contribution in [-0.4, -0.2) is 13.7 Å². The Balaban J connectivity index is 0.00000338. The molecule has 0 saturated heterocycles. The summed E-state index contributed by atoms with van der Waals surface area (Å²) in [7, 11) is 1.69. The molecule has 0 atom stereocenters. The van der Waals surface area contributed by atoms with E-state index in [0.717, 1.165) is 24.6 Å². The van der Waals surface area contributed by atoms with Gasteiger partial charge in [0.25, 0.3) is 0 Å². The highest BCUT2D eigenvalue weighted by molar-refractivity contribution is 5.85. The summed E-state index contributed by atoms with van der Waals surface area (Å²) in [6.07, 6.45) is 5.14. The van der Waals surface area contributed by atoms with E-state index in [1.165, 1.54) is 42.4 Å². The van der Waals surface area contributed by atoms with Gasteiger partial charge in [0.15, 0.2) is 11.5 Å². The van der Waals surface area contributed by atoms with Crippen molar-refractivity contribution in [1.82, 2.24) is 5.32 Å². The molecule has 0 aliphatic heterocycles. The van der Waals surface area contributed by atoms with Crippen molar-refractivity contribution >= 4 is 12.4 Å². The van der Waals surface area contributed by atoms with Crippen LogP contribution >= 0.6 is 12.4 Å². The molecule has 0 aromatic heterocycles. The molecule has 0 spiro atoms. The van der Waals surface area contributed by atoms with E-state index in [1.54, 1.807) is 7.11 Å². The van der Waals surface area contributed by atoms with Crippen LogP contribution in [0.5, 0.6) is 11.5 Å². The number of benzene rings is 2. The van der Waals surface area contributed by atoms with Gasteiger partial charge in [0.2, 0.25) is 0 Å². The van der Waals surface area contributed by atoms with Gasteiger partial charge in [-0.15, -0.1) is 12.4 Å². The van der Waals surface area contributed by atoms with Crippen molar-refractivity contribution in [3.63, 3.8) is 0 Å². The second-order valence-corrected chi connectivity index (χ2v) is 6.50. The molecule has 3 nitrogen and oxygen atoms in total. The number of halogens is 1. The Morgan fingerprint density at radius 1 is 0.923 bits per heavy atom. The summed E-state index contributed by atoms with van der Waals surface area (Å²) >= 11 is 0. The van der Waals surface area contributed by atoms with Crippen LogP contribution in [0.4, 0.5) is 0 Å². The lowest BCUT2D eigenvalue weighted by Crippen LogP contribution is -2.14. The fourth-order valence-corrected chi connectivity index (χ4v) is 2.81. The Labute approximate surface area is 164 Å². The number of hydrogen-bond donors (Lipinski definition) is 1. The molecule has 2 aromatic carbocycles. The number of methoxy groups -OCH3 is 1. The molecule has 0 fully saturated rings. The molecule has 4 heteroatoms. The smallest absolute Gasteiger partial charge is 0.161 e. The third-order valence-electron chi connectivity index (χ3n) is 4.24. The zero-order valence-corrected chi connectivity index (χ0v) is 17.0. The lowest BCUT2D eigenvalue weighted by molar-refractivity contribution is 0.284. The molecule has 0 aliphatic carbocycles. The summed E-state index contributed by atoms with van der Waals surface area (Å²) in [5, 5.41) is 3.50. The SMILES string of the molecule is CCCCCCNCc1ccc(OCc2cccc(C)c2)c(OC)c1.Cl. The van der Waals surface area contributed by atoms with Gasteiger partial charge in [-0.2, -0.15) is 0 Å². The van der Waals surface area contributed by atoms with Gasteiger partial charge < -0.3 is 14.8 Å². The standard InChI is InChI=1S/C22H31NO2.ClH/c1-4-5-6-7-13-23-16-19-11-12-21(22(15-19)24-3)25-17-20-10-8-9-18(2)14-20;/h8-12,14-15,23H,4-7,13,16-17H2,1-3H3;1H. The maximum absolute atomic E-state index is 5.95. The average molecular weight is 378 g/mol. The van der Waals surface area contributed by atoms with Gasteiger partial charge in [0.05, 0.1) is 7.11 Å². The van der Waals surface area contributed by atoms with E-state index in [1.807, 2.05) is 6.07 Å². The molecule has 0 amide bonds. The minimum Gasteiger partial charge on any atom is -0.493 e. The van der Waals surface area contributed by atoms with Crippen molar-refractivity contribution in [3.05, 3.63) is 59.2 Å². The maximum Gasteiger partial charge on any atom is 0.161 e. The van der Waals surface area contributed by atoms with Crippen molar-refractivity contribution < 1.29 is 9.47 Å². The van der Waals surface area contributed by atoms with Gasteiger partial charge in [-0.1, -0.05) is 62.1 Å². The number of unbranched alkanes of at least 4 members (excludes halogenated alkanes) is 3. The van der Waals surface area contributed by atoms with Crippen molar-refractivity contribution in [3.8, 4) is 11.5 Å². The molecule has 2 rings (SSSR count). The lowest BCUT2D eigenvalue weighted by Gasteiger charge is -2.13. The van der Waals surface area contributed by atoms with Crippen molar-refractivity contribution in [2.75, 3.05) is 13.7 Å². The average Bonchev–Trinajstić information content (AvgIpc) is 2.63. The quantitative estimate of drug-likeness (QED) is 0.511. The van der Waals surface area contributed by atoms with Gasteiger partial charge in [0.1, 0.15) is 6.61 Å². The predicted octanol–water partition coefficient (Wildman–Crippen LogP) is 5.67. The zero-order valence-electron chi connectivity index (χ0n) is 16.2. The molecule has 26 heavy (non-hydrogen) atoms.